The van der Waals surface area contributed by atoms with E-state index in [1.54, 1.807) is 84.9 Å². The zero-order chi connectivity index (χ0) is 46.3. The van der Waals surface area contributed by atoms with Gasteiger partial charge in [0, 0.05) is 34.0 Å². The van der Waals surface area contributed by atoms with Crippen LogP contribution in [0.3, 0.4) is 0 Å². The number of nitro benzene ring substituents is 4. The second-order valence-electron chi connectivity index (χ2n) is 14.9. The molecule has 20 heteroatoms. The monoisotopic (exact) mass is 878 g/mol. The summed E-state index contributed by atoms with van der Waals surface area (Å²) in [4.78, 5) is 112. The van der Waals surface area contributed by atoms with Gasteiger partial charge in [-0.1, -0.05) is 84.9 Å². The Hall–Kier alpha value is -9.98. The molecule has 0 unspecified atom stereocenters. The van der Waals surface area contributed by atoms with Gasteiger partial charge in [-0.3, -0.25) is 59.6 Å². The number of anilines is 2. The normalized spacial score (nSPS) is 13.1. The lowest BCUT2D eigenvalue weighted by Crippen LogP contribution is -2.29. The van der Waals surface area contributed by atoms with Crippen molar-refractivity contribution in [2.75, 3.05) is 9.80 Å². The van der Waals surface area contributed by atoms with Crippen LogP contribution in [0.2, 0.25) is 0 Å². The number of hydrogen-bond acceptors (Lipinski definition) is 14. The summed E-state index contributed by atoms with van der Waals surface area (Å²) in [5, 5.41) is 47.5. The van der Waals surface area contributed by atoms with Gasteiger partial charge in [-0.05, 0) is 35.4 Å². The van der Waals surface area contributed by atoms with Crippen LogP contribution in [0.25, 0.3) is 55.4 Å². The van der Waals surface area contributed by atoms with Crippen molar-refractivity contribution in [1.29, 1.82) is 0 Å². The molecule has 0 saturated carbocycles. The maximum Gasteiger partial charge on any atom is 0.302 e. The molecular formula is C46H22N8O12. The third-order valence-electron chi connectivity index (χ3n) is 11.3. The lowest BCUT2D eigenvalue weighted by atomic mass is 9.97. The molecule has 4 amide bonds. The first kappa shape index (κ1) is 40.1. The minimum absolute atomic E-state index is 0.0333. The van der Waals surface area contributed by atoms with E-state index in [9.17, 15) is 59.6 Å². The Morgan fingerprint density at radius 1 is 0.379 bits per heavy atom. The van der Waals surface area contributed by atoms with E-state index in [-0.39, 0.29) is 66.8 Å². The topological polar surface area (TPSA) is 273 Å². The molecule has 0 spiro atoms. The summed E-state index contributed by atoms with van der Waals surface area (Å²) in [7, 11) is 0. The Balaban J connectivity index is 1.01. The van der Waals surface area contributed by atoms with Crippen molar-refractivity contribution in [1.82, 2.24) is 9.97 Å². The number of non-ortho nitro benzene ring substituents is 4. The number of hydrogen-bond donors (Lipinski definition) is 0. The third-order valence-corrected chi connectivity index (χ3v) is 11.3. The second-order valence-corrected chi connectivity index (χ2v) is 14.9. The van der Waals surface area contributed by atoms with E-state index in [0.29, 0.717) is 22.3 Å². The largest absolute Gasteiger partial charge is 0.302 e. The fraction of sp³-hybridized carbons (Fsp3) is 0. The zero-order valence-corrected chi connectivity index (χ0v) is 33.2. The molecule has 20 nitrogen and oxygen atoms in total. The van der Waals surface area contributed by atoms with E-state index in [2.05, 4.69) is 9.97 Å². The maximum atomic E-state index is 14.3. The van der Waals surface area contributed by atoms with E-state index in [1.165, 1.54) is 24.3 Å². The van der Waals surface area contributed by atoms with Crippen molar-refractivity contribution >= 4 is 79.6 Å². The van der Waals surface area contributed by atoms with Gasteiger partial charge in [0.15, 0.2) is 0 Å². The minimum Gasteiger partial charge on any atom is -0.268 e. The summed E-state index contributed by atoms with van der Waals surface area (Å²) < 4.78 is 0. The van der Waals surface area contributed by atoms with Gasteiger partial charge in [0.25, 0.3) is 35.0 Å². The van der Waals surface area contributed by atoms with Gasteiger partial charge in [-0.15, -0.1) is 0 Å². The molecule has 8 aromatic rings. The molecule has 0 fully saturated rings. The molecule has 0 N–H and O–H groups in total. The smallest absolute Gasteiger partial charge is 0.268 e. The van der Waals surface area contributed by atoms with Crippen LogP contribution in [-0.4, -0.2) is 53.3 Å². The van der Waals surface area contributed by atoms with Crippen molar-refractivity contribution in [2.24, 2.45) is 0 Å². The molecular weight excluding hydrogens is 857 g/mol. The van der Waals surface area contributed by atoms with Crippen molar-refractivity contribution in [3.05, 3.63) is 196 Å². The molecule has 66 heavy (non-hydrogen) atoms. The highest BCUT2D eigenvalue weighted by Crippen LogP contribution is 2.44. The summed E-state index contributed by atoms with van der Waals surface area (Å²) in [5.41, 5.74) is -2.48. The molecule has 0 aliphatic carbocycles. The fourth-order valence-corrected chi connectivity index (χ4v) is 8.33. The first-order valence-corrected chi connectivity index (χ1v) is 19.4. The molecule has 2 aliphatic rings. The highest BCUT2D eigenvalue weighted by atomic mass is 16.6. The fourth-order valence-electron chi connectivity index (χ4n) is 8.33. The average molecular weight is 879 g/mol. The summed E-state index contributed by atoms with van der Waals surface area (Å²) in [6.45, 7) is 0. The van der Waals surface area contributed by atoms with Crippen LogP contribution in [0, 0.1) is 40.5 Å². The van der Waals surface area contributed by atoms with E-state index in [1.807, 2.05) is 0 Å². The van der Waals surface area contributed by atoms with Crippen LogP contribution in [0.1, 0.15) is 41.4 Å². The first-order valence-electron chi connectivity index (χ1n) is 19.4. The molecule has 0 radical (unpaired) electrons. The number of nitro groups is 4. The molecule has 318 valence electrons. The summed E-state index contributed by atoms with van der Waals surface area (Å²) in [6, 6.07) is 32.1. The van der Waals surface area contributed by atoms with E-state index in [4.69, 9.17) is 0 Å². The minimum atomic E-state index is -0.893. The highest BCUT2D eigenvalue weighted by Gasteiger charge is 2.44. The van der Waals surface area contributed by atoms with Crippen LogP contribution < -0.4 is 9.80 Å². The lowest BCUT2D eigenvalue weighted by molar-refractivity contribution is -0.393. The SMILES string of the molecule is O=C1c2c(-c3ccccc3)nc3c([N+](=O)[O-])cc([N+](=O)[O-])cc3c2C(=O)N1c1ccc(-c2ccc(N3C(=O)c4c(-c5ccccc5)nc5c([N+](=O)[O-])cc([N+](=O)[O-])cc5c4C3=O)cc2)cc1. The van der Waals surface area contributed by atoms with Gasteiger partial charge in [-0.25, -0.2) is 19.8 Å². The number of benzene rings is 6. The lowest BCUT2D eigenvalue weighted by Gasteiger charge is -2.16. The molecule has 0 bridgehead atoms. The molecule has 2 aliphatic heterocycles. The van der Waals surface area contributed by atoms with E-state index >= 15 is 0 Å². The standard InChI is InChI=1S/C46H22N8O12/c55-43-35-31-19-29(51(59)60)21-33(53(63)64)41(31)47-39(25-7-3-1-4-8-25)37(35)45(57)49(43)27-15-11-23(12-16-27)24-13-17-28(18-14-24)50-44(56)36-32-20-30(52(61)62)22-34(54(65)66)42(32)48-40(38(36)46(50)58)26-9-5-2-6-10-26/h1-22H. The summed E-state index contributed by atoms with van der Waals surface area (Å²) in [5.74, 6) is -3.43. The predicted octanol–water partition coefficient (Wildman–Crippen LogP) is 9.02. The van der Waals surface area contributed by atoms with E-state index < -0.39 is 66.1 Å². The Kier molecular flexibility index (Phi) is 9.02. The van der Waals surface area contributed by atoms with Gasteiger partial charge < -0.3 is 0 Å². The first-order chi connectivity index (χ1) is 31.7. The Morgan fingerprint density at radius 3 is 1.03 bits per heavy atom. The van der Waals surface area contributed by atoms with Crippen molar-refractivity contribution in [2.45, 2.75) is 0 Å². The number of aromatic nitrogens is 2. The Labute approximate surface area is 367 Å². The third kappa shape index (κ3) is 6.08. The van der Waals surface area contributed by atoms with Crippen LogP contribution in [0.5, 0.6) is 0 Å². The number of pyridine rings is 2. The molecule has 10 rings (SSSR count). The molecule has 2 aromatic heterocycles. The second kappa shape index (κ2) is 14.8. The van der Waals surface area contributed by atoms with E-state index in [0.717, 1.165) is 34.1 Å². The van der Waals surface area contributed by atoms with Gasteiger partial charge in [0.05, 0.1) is 76.8 Å². The number of fused-ring (bicyclic) bond motifs is 6. The summed E-state index contributed by atoms with van der Waals surface area (Å²) >= 11 is 0. The van der Waals surface area contributed by atoms with Crippen molar-refractivity contribution < 1.29 is 38.9 Å². The number of imide groups is 2. The number of nitrogens with zero attached hydrogens (tertiary/aromatic N) is 8. The maximum absolute atomic E-state index is 14.3. The highest BCUT2D eigenvalue weighted by molar-refractivity contribution is 6.40. The van der Waals surface area contributed by atoms with Crippen molar-refractivity contribution in [3.8, 4) is 33.6 Å². The number of amides is 4. The average Bonchev–Trinajstić information content (AvgIpc) is 3.75. The molecule has 0 saturated heterocycles. The Bertz CT molecular complexity index is 3330. The van der Waals surface area contributed by atoms with Crippen LogP contribution in [0.4, 0.5) is 34.1 Å². The molecule has 4 heterocycles. The van der Waals surface area contributed by atoms with Gasteiger partial charge in [0.1, 0.15) is 11.0 Å². The van der Waals surface area contributed by atoms with Gasteiger partial charge >= 0.3 is 11.4 Å². The number of rotatable bonds is 9. The molecule has 6 aromatic carbocycles. The summed E-state index contributed by atoms with van der Waals surface area (Å²) in [6.07, 6.45) is 0. The predicted molar refractivity (Wildman–Crippen MR) is 235 cm³/mol. The Morgan fingerprint density at radius 2 is 0.712 bits per heavy atom. The van der Waals surface area contributed by atoms with Gasteiger partial charge in [-0.2, -0.15) is 0 Å². The van der Waals surface area contributed by atoms with Crippen LogP contribution in [-0.2, 0) is 0 Å². The van der Waals surface area contributed by atoms with Gasteiger partial charge in [0.2, 0.25) is 0 Å². The molecule has 0 atom stereocenters. The zero-order valence-electron chi connectivity index (χ0n) is 33.2. The van der Waals surface area contributed by atoms with Crippen LogP contribution >= 0.6 is 0 Å². The van der Waals surface area contributed by atoms with Crippen LogP contribution in [0.15, 0.2) is 133 Å². The quantitative estimate of drug-likeness (QED) is 0.0743. The number of carbonyl (C=O) groups excluding carboxylic acids is 4. The number of carbonyl (C=O) groups is 4. The van der Waals surface area contributed by atoms with Crippen molar-refractivity contribution in [3.63, 3.8) is 0 Å².